The summed E-state index contributed by atoms with van der Waals surface area (Å²) in [6.45, 7) is 15.2. The van der Waals surface area contributed by atoms with Gasteiger partial charge in [-0.15, -0.1) is 0 Å². The summed E-state index contributed by atoms with van der Waals surface area (Å²) in [5.41, 5.74) is 8.66. The Morgan fingerprint density at radius 3 is 2.70 bits per heavy atom. The molecule has 4 aliphatic rings. The fourth-order valence-corrected chi connectivity index (χ4v) is 8.79. The maximum atomic E-state index is 5.81. The minimum Gasteiger partial charge on any atom is -0.330 e. The molecule has 226 valence electrons. The highest BCUT2D eigenvalue weighted by atomic mass is 32.2. The molecule has 4 bridgehead atoms. The number of aromatic nitrogens is 1. The number of piperidine rings is 2. The molecule has 1 aromatic heterocycles. The van der Waals surface area contributed by atoms with Crippen molar-refractivity contribution in [3.63, 3.8) is 0 Å². The third-order valence-electron chi connectivity index (χ3n) is 10.1. The smallest absolute Gasteiger partial charge is 0.0690 e. The van der Waals surface area contributed by atoms with Gasteiger partial charge < -0.3 is 5.73 Å². The summed E-state index contributed by atoms with van der Waals surface area (Å²) in [4.78, 5) is 8.01. The standard InChI is InChI=1S/C32H57N7S/c1-31(2,3)27-17-15-23-20-34-40-29-13-7-12-28(38-29)36-26(25-11-6-9-24(35-25)10-8-18-33)16-14-22-19-32(4,5)39(21-22)30(23)37-27/h6,9,11,22-23,26-30,34,36-38H,7-8,10,12-21,33H2,1-5H3/t22-,23?,26+,27?,28?,29?,30?/m0/s1. The lowest BCUT2D eigenvalue weighted by molar-refractivity contribution is 0.00552. The highest BCUT2D eigenvalue weighted by molar-refractivity contribution is 7.98. The molecule has 1 aromatic rings. The number of pyridine rings is 1. The van der Waals surface area contributed by atoms with E-state index in [1.165, 1.54) is 62.9 Å². The summed E-state index contributed by atoms with van der Waals surface area (Å²) in [5.74, 6) is 1.33. The molecule has 0 spiro atoms. The van der Waals surface area contributed by atoms with E-state index < -0.39 is 0 Å². The van der Waals surface area contributed by atoms with Crippen LogP contribution in [0.3, 0.4) is 0 Å². The Hall–Kier alpha value is -0.740. The molecule has 0 saturated carbocycles. The van der Waals surface area contributed by atoms with Gasteiger partial charge in [0.15, 0.2) is 0 Å². The van der Waals surface area contributed by atoms with E-state index in [0.29, 0.717) is 42.1 Å². The van der Waals surface area contributed by atoms with Crippen LogP contribution in [0.2, 0.25) is 0 Å². The topological polar surface area (TPSA) is 90.3 Å². The zero-order valence-corrected chi connectivity index (χ0v) is 26.7. The number of nitrogens with two attached hydrogens (primary N) is 1. The van der Waals surface area contributed by atoms with E-state index in [4.69, 9.17) is 10.7 Å². The molecule has 8 atom stereocenters. The van der Waals surface area contributed by atoms with Crippen LogP contribution in [0.4, 0.5) is 0 Å². The van der Waals surface area contributed by atoms with E-state index in [-0.39, 0.29) is 17.0 Å². The minimum atomic E-state index is 0.200. The Morgan fingerprint density at radius 1 is 1.05 bits per heavy atom. The first-order valence-corrected chi connectivity index (χ1v) is 17.1. The van der Waals surface area contributed by atoms with E-state index in [1.54, 1.807) is 0 Å². The molecule has 5 rings (SSSR count). The summed E-state index contributed by atoms with van der Waals surface area (Å²) in [6.07, 6.45) is 12.5. The Bertz CT molecular complexity index is 949. The first kappa shape index (κ1) is 30.7. The number of hydrogen-bond acceptors (Lipinski definition) is 8. The molecule has 0 aliphatic carbocycles. The Balaban J connectivity index is 1.39. The van der Waals surface area contributed by atoms with Gasteiger partial charge in [0.05, 0.1) is 29.4 Å². The molecule has 6 N–H and O–H groups in total. The molecule has 8 heteroatoms. The van der Waals surface area contributed by atoms with Gasteiger partial charge in [0.1, 0.15) is 0 Å². The van der Waals surface area contributed by atoms with Crippen molar-refractivity contribution in [1.82, 2.24) is 30.6 Å². The minimum absolute atomic E-state index is 0.200. The molecule has 5 heterocycles. The third kappa shape index (κ3) is 7.61. The van der Waals surface area contributed by atoms with Crippen LogP contribution in [-0.2, 0) is 6.42 Å². The zero-order chi connectivity index (χ0) is 28.3. The number of nitrogens with zero attached hydrogens (tertiary/aromatic N) is 2. The van der Waals surface area contributed by atoms with Gasteiger partial charge in [-0.05, 0) is 108 Å². The number of fused-ring (bicyclic) bond motifs is 6. The van der Waals surface area contributed by atoms with Gasteiger partial charge in [-0.3, -0.25) is 30.6 Å². The van der Waals surface area contributed by atoms with Gasteiger partial charge in [0, 0.05) is 36.3 Å². The van der Waals surface area contributed by atoms with Crippen molar-refractivity contribution in [3.05, 3.63) is 29.6 Å². The fraction of sp³-hybridized carbons (Fsp3) is 0.844. The van der Waals surface area contributed by atoms with Gasteiger partial charge in [-0.2, -0.15) is 0 Å². The highest BCUT2D eigenvalue weighted by Gasteiger charge is 2.47. The predicted octanol–water partition coefficient (Wildman–Crippen LogP) is 4.90. The largest absolute Gasteiger partial charge is 0.330 e. The van der Waals surface area contributed by atoms with Crippen LogP contribution in [0.15, 0.2) is 18.2 Å². The molecule has 4 aliphatic heterocycles. The summed E-state index contributed by atoms with van der Waals surface area (Å²) in [6, 6.07) is 7.43. The maximum absolute atomic E-state index is 5.81. The van der Waals surface area contributed by atoms with Crippen molar-refractivity contribution in [2.45, 2.75) is 134 Å². The molecule has 0 amide bonds. The zero-order valence-electron chi connectivity index (χ0n) is 25.8. The van der Waals surface area contributed by atoms with Gasteiger partial charge in [-0.25, -0.2) is 0 Å². The van der Waals surface area contributed by atoms with Gasteiger partial charge >= 0.3 is 0 Å². The second kappa shape index (κ2) is 13.3. The van der Waals surface area contributed by atoms with Crippen LogP contribution >= 0.6 is 11.9 Å². The van der Waals surface area contributed by atoms with Crippen molar-refractivity contribution in [2.75, 3.05) is 19.6 Å². The summed E-state index contributed by atoms with van der Waals surface area (Å²) in [5, 5.41) is 12.6. The number of rotatable bonds is 4. The summed E-state index contributed by atoms with van der Waals surface area (Å²) < 4.78 is 3.86. The highest BCUT2D eigenvalue weighted by Crippen LogP contribution is 2.42. The number of hydrogen-bond donors (Lipinski definition) is 5. The molecule has 0 radical (unpaired) electrons. The van der Waals surface area contributed by atoms with Crippen molar-refractivity contribution >= 4 is 11.9 Å². The van der Waals surface area contributed by atoms with Crippen LogP contribution in [0.25, 0.3) is 0 Å². The van der Waals surface area contributed by atoms with Crippen LogP contribution in [0, 0.1) is 17.3 Å². The molecule has 0 aromatic carbocycles. The maximum Gasteiger partial charge on any atom is 0.0690 e. The summed E-state index contributed by atoms with van der Waals surface area (Å²) >= 11 is 1.92. The lowest BCUT2D eigenvalue weighted by Crippen LogP contribution is -2.63. The second-order valence-electron chi connectivity index (χ2n) is 14.8. The summed E-state index contributed by atoms with van der Waals surface area (Å²) in [7, 11) is 0. The van der Waals surface area contributed by atoms with E-state index in [9.17, 15) is 0 Å². The second-order valence-corrected chi connectivity index (χ2v) is 15.8. The number of aryl methyl sites for hydroxylation is 1. The predicted molar refractivity (Wildman–Crippen MR) is 169 cm³/mol. The third-order valence-corrected chi connectivity index (χ3v) is 11.0. The van der Waals surface area contributed by atoms with Crippen molar-refractivity contribution < 1.29 is 0 Å². The monoisotopic (exact) mass is 571 g/mol. The first-order chi connectivity index (χ1) is 19.1. The van der Waals surface area contributed by atoms with Crippen molar-refractivity contribution in [1.29, 1.82) is 0 Å². The van der Waals surface area contributed by atoms with Crippen molar-refractivity contribution in [3.8, 4) is 0 Å². The Kier molecular flexibility index (Phi) is 10.2. The van der Waals surface area contributed by atoms with Gasteiger partial charge in [0.2, 0.25) is 0 Å². The van der Waals surface area contributed by atoms with Gasteiger partial charge in [0.25, 0.3) is 0 Å². The SMILES string of the molecule is CC(C)(C)C1CCC2CNSC3CCCC(N3)N[C@@H](c3cccc(CCCN)n3)CC[C@@H]3CN(C2N1)C(C)(C)C3. The molecule has 4 fully saturated rings. The molecule has 40 heavy (non-hydrogen) atoms. The van der Waals surface area contributed by atoms with Crippen LogP contribution in [-0.4, -0.2) is 58.8 Å². The molecule has 4 saturated heterocycles. The average Bonchev–Trinajstić information content (AvgIpc) is 3.23. The van der Waals surface area contributed by atoms with E-state index in [0.717, 1.165) is 25.8 Å². The van der Waals surface area contributed by atoms with Crippen molar-refractivity contribution in [2.24, 2.45) is 23.0 Å². The first-order valence-electron chi connectivity index (χ1n) is 16.2. The van der Waals surface area contributed by atoms with Crippen LogP contribution < -0.4 is 26.4 Å². The average molecular weight is 572 g/mol. The van der Waals surface area contributed by atoms with Crippen LogP contribution in [0.5, 0.6) is 0 Å². The normalized spacial score (nSPS) is 37.2. The quantitative estimate of drug-likeness (QED) is 0.326. The van der Waals surface area contributed by atoms with Crippen LogP contribution in [0.1, 0.15) is 110 Å². The van der Waals surface area contributed by atoms with E-state index in [2.05, 4.69) is 78.4 Å². The van der Waals surface area contributed by atoms with E-state index in [1.807, 2.05) is 11.9 Å². The molecule has 6 unspecified atom stereocenters. The fourth-order valence-electron chi connectivity index (χ4n) is 7.76. The lowest BCUT2D eigenvalue weighted by Gasteiger charge is -2.50. The Labute approximate surface area is 248 Å². The molecular formula is C32H57N7S. The molecular weight excluding hydrogens is 514 g/mol. The lowest BCUT2D eigenvalue weighted by atomic mass is 9.78. The number of nitrogens with one attached hydrogen (secondary N) is 4. The van der Waals surface area contributed by atoms with E-state index >= 15 is 0 Å². The Morgan fingerprint density at radius 2 is 1.90 bits per heavy atom. The molecule has 7 nitrogen and oxygen atoms in total. The van der Waals surface area contributed by atoms with Gasteiger partial charge in [-0.1, -0.05) is 38.8 Å².